The van der Waals surface area contributed by atoms with Gasteiger partial charge in [-0.2, -0.15) is 0 Å². The molecule has 3 aromatic rings. The van der Waals surface area contributed by atoms with Crippen molar-refractivity contribution in [3.8, 4) is 11.5 Å². The van der Waals surface area contributed by atoms with Crippen LogP contribution in [0.1, 0.15) is 5.56 Å². The molecule has 0 atom stereocenters. The van der Waals surface area contributed by atoms with Crippen molar-refractivity contribution in [3.05, 3.63) is 63.9 Å². The van der Waals surface area contributed by atoms with Crippen LogP contribution in [-0.4, -0.2) is 19.2 Å². The maximum Gasteiger partial charge on any atom is 0.195 e. The Labute approximate surface area is 173 Å². The van der Waals surface area contributed by atoms with Gasteiger partial charge in [-0.3, -0.25) is 4.31 Å². The van der Waals surface area contributed by atoms with E-state index in [9.17, 15) is 13.2 Å². The normalized spacial score (nSPS) is 10.8. The lowest BCUT2D eigenvalue weighted by Crippen LogP contribution is -2.15. The minimum Gasteiger partial charge on any atom is -0.497 e. The summed E-state index contributed by atoms with van der Waals surface area (Å²) in [5, 5.41) is 1.48. The molecule has 4 nitrogen and oxygen atoms in total. The highest BCUT2D eigenvalue weighted by Gasteiger charge is 2.23. The summed E-state index contributed by atoms with van der Waals surface area (Å²) in [5.41, 5.74) is 0.736. The Kier molecular flexibility index (Phi) is 6.58. The number of anilines is 1. The van der Waals surface area contributed by atoms with Crippen LogP contribution in [-0.2, 0) is 6.54 Å². The molecule has 3 rings (SSSR count). The van der Waals surface area contributed by atoms with E-state index in [2.05, 4.69) is 4.98 Å². The van der Waals surface area contributed by atoms with Crippen LogP contribution in [0.4, 0.5) is 18.3 Å². The van der Waals surface area contributed by atoms with Gasteiger partial charge in [0.05, 0.1) is 20.8 Å². The molecule has 28 heavy (non-hydrogen) atoms. The molecule has 0 radical (unpaired) electrons. The summed E-state index contributed by atoms with van der Waals surface area (Å²) in [5.74, 6) is -2.21. The van der Waals surface area contributed by atoms with Crippen LogP contribution in [0.3, 0.4) is 0 Å². The summed E-state index contributed by atoms with van der Waals surface area (Å²) in [6.45, 7) is 0.208. The van der Waals surface area contributed by atoms with Crippen LogP contribution in [0, 0.1) is 17.5 Å². The topological polar surface area (TPSA) is 34.6 Å². The number of hydrogen-bond acceptors (Lipinski definition) is 6. The molecule has 0 amide bonds. The summed E-state index contributed by atoms with van der Waals surface area (Å²) >= 11 is 7.64. The Hall–Kier alpha value is -2.10. The van der Waals surface area contributed by atoms with Crippen molar-refractivity contribution in [1.82, 2.24) is 4.98 Å². The number of methoxy groups -OCH3 is 2. The second-order valence-electron chi connectivity index (χ2n) is 5.42. The SMILES string of the molecule is COc1ccc(CN(Sc2c(F)cc(F)c(Cl)c2F)c2nccs2)c(OC)c1. The third kappa shape index (κ3) is 4.31. The van der Waals surface area contributed by atoms with E-state index in [1.807, 2.05) is 0 Å². The smallest absolute Gasteiger partial charge is 0.195 e. The molecule has 0 saturated carbocycles. The number of rotatable bonds is 7. The van der Waals surface area contributed by atoms with Crippen molar-refractivity contribution in [2.75, 3.05) is 18.5 Å². The number of aromatic nitrogens is 1. The molecule has 0 fully saturated rings. The zero-order valence-electron chi connectivity index (χ0n) is 14.7. The first kappa shape index (κ1) is 20.6. The highest BCUT2D eigenvalue weighted by Crippen LogP contribution is 2.39. The fraction of sp³-hybridized carbons (Fsp3) is 0.167. The number of benzene rings is 2. The quantitative estimate of drug-likeness (QED) is 0.255. The molecule has 0 aliphatic rings. The van der Waals surface area contributed by atoms with Crippen molar-refractivity contribution in [2.45, 2.75) is 11.4 Å². The van der Waals surface area contributed by atoms with Crippen LogP contribution < -0.4 is 13.8 Å². The van der Waals surface area contributed by atoms with Gasteiger partial charge >= 0.3 is 0 Å². The number of thiazole rings is 1. The second-order valence-corrected chi connectivity index (χ2v) is 7.70. The van der Waals surface area contributed by atoms with Crippen LogP contribution in [0.2, 0.25) is 5.02 Å². The average Bonchev–Trinajstić information content (AvgIpc) is 3.23. The van der Waals surface area contributed by atoms with Gasteiger partial charge in [0.15, 0.2) is 10.9 Å². The zero-order valence-corrected chi connectivity index (χ0v) is 17.1. The Balaban J connectivity index is 1.98. The fourth-order valence-corrected chi connectivity index (χ4v) is 4.23. The van der Waals surface area contributed by atoms with Gasteiger partial charge < -0.3 is 9.47 Å². The fourth-order valence-electron chi connectivity index (χ4n) is 2.36. The van der Waals surface area contributed by atoms with Gasteiger partial charge in [-0.05, 0) is 24.1 Å². The molecule has 0 unspecified atom stereocenters. The first-order valence-corrected chi connectivity index (χ1v) is 9.86. The van der Waals surface area contributed by atoms with Crippen molar-refractivity contribution >= 4 is 40.0 Å². The maximum absolute atomic E-state index is 14.4. The van der Waals surface area contributed by atoms with E-state index < -0.39 is 27.4 Å². The lowest BCUT2D eigenvalue weighted by molar-refractivity contribution is 0.391. The van der Waals surface area contributed by atoms with Gasteiger partial charge in [0.25, 0.3) is 0 Å². The lowest BCUT2D eigenvalue weighted by atomic mass is 10.2. The molecular formula is C18H14ClF3N2O2S2. The molecule has 10 heteroatoms. The van der Waals surface area contributed by atoms with Gasteiger partial charge in [-0.1, -0.05) is 11.6 Å². The van der Waals surface area contributed by atoms with Gasteiger partial charge in [0.1, 0.15) is 33.1 Å². The molecule has 0 spiro atoms. The summed E-state index contributed by atoms with van der Waals surface area (Å²) in [6.07, 6.45) is 1.57. The molecule has 0 N–H and O–H groups in total. The van der Waals surface area contributed by atoms with E-state index in [1.165, 1.54) is 25.6 Å². The monoisotopic (exact) mass is 446 g/mol. The van der Waals surface area contributed by atoms with Gasteiger partial charge in [0.2, 0.25) is 0 Å². The number of ether oxygens (including phenoxy) is 2. The first-order valence-electron chi connectivity index (χ1n) is 7.83. The largest absolute Gasteiger partial charge is 0.497 e. The van der Waals surface area contributed by atoms with Crippen molar-refractivity contribution in [2.24, 2.45) is 0 Å². The summed E-state index contributed by atoms with van der Waals surface area (Å²) in [4.78, 5) is 3.78. The average molecular weight is 447 g/mol. The minimum atomic E-state index is -1.16. The molecule has 1 aromatic heterocycles. The van der Waals surface area contributed by atoms with E-state index >= 15 is 0 Å². The molecule has 148 valence electrons. The summed E-state index contributed by atoms with van der Waals surface area (Å²) in [6, 6.07) is 5.79. The molecule has 1 heterocycles. The van der Waals surface area contributed by atoms with E-state index in [-0.39, 0.29) is 6.54 Å². The van der Waals surface area contributed by atoms with Crippen LogP contribution in [0.25, 0.3) is 0 Å². The van der Waals surface area contributed by atoms with Gasteiger partial charge in [-0.25, -0.2) is 18.2 Å². The van der Waals surface area contributed by atoms with E-state index in [0.717, 1.165) is 17.5 Å². The van der Waals surface area contributed by atoms with E-state index in [0.29, 0.717) is 22.7 Å². The van der Waals surface area contributed by atoms with Crippen LogP contribution >= 0.6 is 34.9 Å². The number of nitrogens with zero attached hydrogens (tertiary/aromatic N) is 2. The second kappa shape index (κ2) is 8.93. The Bertz CT molecular complexity index is 974. The number of hydrogen-bond donors (Lipinski definition) is 0. The summed E-state index contributed by atoms with van der Waals surface area (Å²) in [7, 11) is 3.05. The molecule has 0 aliphatic heterocycles. The van der Waals surface area contributed by atoms with Crippen LogP contribution in [0.15, 0.2) is 40.7 Å². The Morgan fingerprint density at radius 2 is 1.93 bits per heavy atom. The Morgan fingerprint density at radius 3 is 2.57 bits per heavy atom. The molecule has 0 saturated heterocycles. The van der Waals surface area contributed by atoms with Crippen LogP contribution in [0.5, 0.6) is 11.5 Å². The first-order chi connectivity index (χ1) is 13.4. The third-order valence-corrected chi connectivity index (χ3v) is 6.05. The zero-order chi connectivity index (χ0) is 20.3. The Morgan fingerprint density at radius 1 is 1.14 bits per heavy atom. The van der Waals surface area contributed by atoms with Crippen molar-refractivity contribution in [1.29, 1.82) is 0 Å². The van der Waals surface area contributed by atoms with Gasteiger partial charge in [0, 0.05) is 29.3 Å². The highest BCUT2D eigenvalue weighted by atomic mass is 35.5. The summed E-state index contributed by atoms with van der Waals surface area (Å²) < 4.78 is 54.2. The molecule has 0 aliphatic carbocycles. The highest BCUT2D eigenvalue weighted by molar-refractivity contribution is 8.00. The van der Waals surface area contributed by atoms with Crippen molar-refractivity contribution < 1.29 is 22.6 Å². The van der Waals surface area contributed by atoms with E-state index in [1.54, 1.807) is 34.1 Å². The minimum absolute atomic E-state index is 0.208. The van der Waals surface area contributed by atoms with Gasteiger partial charge in [-0.15, -0.1) is 11.3 Å². The third-order valence-electron chi connectivity index (χ3n) is 3.71. The predicted octanol–water partition coefficient (Wildman–Crippen LogP) is 5.94. The number of halogens is 4. The lowest BCUT2D eigenvalue weighted by Gasteiger charge is -2.22. The predicted molar refractivity (Wildman–Crippen MR) is 105 cm³/mol. The maximum atomic E-state index is 14.4. The van der Waals surface area contributed by atoms with E-state index in [4.69, 9.17) is 21.1 Å². The molecule has 2 aromatic carbocycles. The standard InChI is InChI=1S/C18H14ClF3N2O2S2/c1-25-11-4-3-10(14(7-11)26-2)9-24(18-23-5-6-27-18)28-17-13(21)8-12(20)15(19)16(17)22/h3-8H,9H2,1-2H3. The molecular weight excluding hydrogens is 433 g/mol. The molecule has 0 bridgehead atoms. The van der Waals surface area contributed by atoms with Crippen molar-refractivity contribution in [3.63, 3.8) is 0 Å².